The van der Waals surface area contributed by atoms with Crippen LogP contribution in [0.1, 0.15) is 95.8 Å². The molecular formula is C35H50N6O5S. The Balaban J connectivity index is 1.62. The van der Waals surface area contributed by atoms with Crippen molar-refractivity contribution in [2.75, 3.05) is 11.3 Å². The van der Waals surface area contributed by atoms with Crippen LogP contribution in [-0.2, 0) is 17.1 Å². The van der Waals surface area contributed by atoms with Crippen molar-refractivity contribution in [3.05, 3.63) is 47.2 Å². The van der Waals surface area contributed by atoms with Crippen LogP contribution in [-0.4, -0.2) is 68.4 Å². The van der Waals surface area contributed by atoms with Gasteiger partial charge in [-0.2, -0.15) is 18.5 Å². The third-order valence-corrected chi connectivity index (χ3v) is 10.9. The van der Waals surface area contributed by atoms with Crippen molar-refractivity contribution in [3.63, 3.8) is 0 Å². The summed E-state index contributed by atoms with van der Waals surface area (Å²) in [6.07, 6.45) is 3.04. The standard InChI is InChI=1S/C35H50N6O5S/c1-21-12-11-13-22(2)30(21)26-14-28-37-32(36-26)39-47(44,45)29-15-27(40(10)38-29)31(42)41(25(20-46-28)19-33(4,5)6)23(3)16-35(9)17-24(18-35)34(7,8)43/h11-15,23-25,43H,16-20H2,1-10H3,(H,36,37,39)/t23?,24?,25-,35?/m1/s1. The number of ether oxygens (including phenoxy) is 1. The number of amides is 1. The van der Waals surface area contributed by atoms with Crippen LogP contribution in [0.3, 0.4) is 0 Å². The molecule has 1 aliphatic carbocycles. The first-order valence-electron chi connectivity index (χ1n) is 16.4. The van der Waals surface area contributed by atoms with Crippen molar-refractivity contribution in [2.45, 2.75) is 111 Å². The SMILES string of the molecule is Cc1cccc(C)c1-c1cc2nc(n1)NS(=O)(=O)c1cc(n(C)n1)C(=O)N(C(C)CC1(C)CC(C(C)(C)O)C1)[C@H](CC(C)(C)C)CO2. The van der Waals surface area contributed by atoms with E-state index in [9.17, 15) is 18.3 Å². The summed E-state index contributed by atoms with van der Waals surface area (Å²) in [4.78, 5) is 25.5. The minimum absolute atomic E-state index is 0.0641. The van der Waals surface area contributed by atoms with Gasteiger partial charge in [-0.05, 0) is 88.2 Å². The highest BCUT2D eigenvalue weighted by Crippen LogP contribution is 2.53. The molecule has 1 aliphatic heterocycles. The summed E-state index contributed by atoms with van der Waals surface area (Å²) >= 11 is 0. The fourth-order valence-corrected chi connectivity index (χ4v) is 8.36. The van der Waals surface area contributed by atoms with Gasteiger partial charge in [-0.25, -0.2) is 9.71 Å². The maximum atomic E-state index is 14.6. The zero-order valence-corrected chi connectivity index (χ0v) is 30.2. The molecule has 2 N–H and O–H groups in total. The lowest BCUT2D eigenvalue weighted by Gasteiger charge is -2.52. The summed E-state index contributed by atoms with van der Waals surface area (Å²) in [5.41, 5.74) is 2.50. The van der Waals surface area contributed by atoms with Crippen LogP contribution in [0.2, 0.25) is 0 Å². The van der Waals surface area contributed by atoms with Crippen LogP contribution in [0.4, 0.5) is 5.95 Å². The van der Waals surface area contributed by atoms with E-state index in [0.29, 0.717) is 18.5 Å². The summed E-state index contributed by atoms with van der Waals surface area (Å²) in [6.45, 7) is 18.4. The average molecular weight is 667 g/mol. The first-order valence-corrected chi connectivity index (χ1v) is 17.8. The number of fused-ring (bicyclic) bond motifs is 4. The predicted molar refractivity (Wildman–Crippen MR) is 182 cm³/mol. The fraction of sp³-hybridized carbons (Fsp3) is 0.600. The maximum Gasteiger partial charge on any atom is 0.283 e. The summed E-state index contributed by atoms with van der Waals surface area (Å²) in [6, 6.07) is 8.35. The molecule has 2 atom stereocenters. The van der Waals surface area contributed by atoms with Crippen molar-refractivity contribution in [1.82, 2.24) is 24.6 Å². The molecule has 1 saturated carbocycles. The second kappa shape index (κ2) is 12.2. The number of carbonyl (C=O) groups is 1. The van der Waals surface area contributed by atoms with Crippen molar-refractivity contribution in [1.29, 1.82) is 0 Å². The highest BCUT2D eigenvalue weighted by molar-refractivity contribution is 7.92. The number of aliphatic hydroxyl groups is 1. The monoisotopic (exact) mass is 666 g/mol. The number of nitrogens with one attached hydrogen (secondary N) is 1. The summed E-state index contributed by atoms with van der Waals surface area (Å²) < 4.78 is 37.5. The second-order valence-electron chi connectivity index (χ2n) is 15.8. The molecular weight excluding hydrogens is 616 g/mol. The average Bonchev–Trinajstić information content (AvgIpc) is 3.31. The number of sulfonamides is 1. The van der Waals surface area contributed by atoms with Crippen LogP contribution in [0.25, 0.3) is 11.3 Å². The quantitative estimate of drug-likeness (QED) is 0.332. The Morgan fingerprint density at radius 2 is 1.74 bits per heavy atom. The van der Waals surface area contributed by atoms with E-state index in [1.807, 2.05) is 57.7 Å². The Morgan fingerprint density at radius 1 is 1.11 bits per heavy atom. The first-order chi connectivity index (χ1) is 21.7. The number of nitrogens with zero attached hydrogens (tertiary/aromatic N) is 5. The van der Waals surface area contributed by atoms with E-state index < -0.39 is 15.6 Å². The zero-order valence-electron chi connectivity index (χ0n) is 29.4. The van der Waals surface area contributed by atoms with Crippen LogP contribution in [0.5, 0.6) is 5.88 Å². The largest absolute Gasteiger partial charge is 0.475 e. The van der Waals surface area contributed by atoms with Crippen molar-refractivity contribution < 1.29 is 23.1 Å². The molecule has 1 unspecified atom stereocenters. The van der Waals surface area contributed by atoms with E-state index >= 15 is 0 Å². The van der Waals surface area contributed by atoms with Crippen LogP contribution < -0.4 is 9.46 Å². The van der Waals surface area contributed by atoms with E-state index in [-0.39, 0.29) is 63.9 Å². The Hall–Kier alpha value is -3.51. The van der Waals surface area contributed by atoms with E-state index in [1.54, 1.807) is 13.1 Å². The number of carbonyl (C=O) groups excluding carboxylic acids is 1. The normalized spacial score (nSPS) is 23.8. The highest BCUT2D eigenvalue weighted by atomic mass is 32.2. The molecule has 11 nitrogen and oxygen atoms in total. The molecule has 2 aliphatic rings. The molecule has 4 bridgehead atoms. The zero-order chi connectivity index (χ0) is 34.7. The Morgan fingerprint density at radius 3 is 2.34 bits per heavy atom. The Labute approximate surface area is 279 Å². The number of rotatable bonds is 6. The number of benzene rings is 1. The van der Waals surface area contributed by atoms with Crippen molar-refractivity contribution in [3.8, 4) is 17.1 Å². The minimum Gasteiger partial charge on any atom is -0.475 e. The number of hydrogen-bond donors (Lipinski definition) is 2. The summed E-state index contributed by atoms with van der Waals surface area (Å²) in [5, 5.41) is 14.6. The third-order valence-electron chi connectivity index (χ3n) is 9.66. The molecule has 1 amide bonds. The number of anilines is 1. The Kier molecular flexibility index (Phi) is 9.02. The maximum absolute atomic E-state index is 14.6. The van der Waals surface area contributed by atoms with Gasteiger partial charge in [0.1, 0.15) is 12.3 Å². The van der Waals surface area contributed by atoms with Gasteiger partial charge >= 0.3 is 0 Å². The molecule has 256 valence electrons. The van der Waals surface area contributed by atoms with Crippen molar-refractivity contribution in [2.24, 2.45) is 23.8 Å². The van der Waals surface area contributed by atoms with Gasteiger partial charge in [-0.15, -0.1) is 0 Å². The molecule has 1 fully saturated rings. The molecule has 2 aromatic heterocycles. The fourth-order valence-electron chi connectivity index (χ4n) is 7.43. The Bertz CT molecular complexity index is 1750. The molecule has 0 spiro atoms. The number of hydrogen-bond acceptors (Lipinski definition) is 8. The van der Waals surface area contributed by atoms with Crippen LogP contribution >= 0.6 is 0 Å². The van der Waals surface area contributed by atoms with E-state index in [0.717, 1.165) is 29.5 Å². The lowest BCUT2D eigenvalue weighted by molar-refractivity contribution is -0.0888. The highest BCUT2D eigenvalue weighted by Gasteiger charge is 2.48. The van der Waals surface area contributed by atoms with Gasteiger partial charge in [-0.1, -0.05) is 45.9 Å². The van der Waals surface area contributed by atoms with Gasteiger partial charge in [0.15, 0.2) is 5.03 Å². The van der Waals surface area contributed by atoms with Crippen LogP contribution in [0, 0.1) is 30.6 Å². The summed E-state index contributed by atoms with van der Waals surface area (Å²) in [5.74, 6) is -0.0697. The second-order valence-corrected chi connectivity index (χ2v) is 17.5. The molecule has 5 rings (SSSR count). The number of aromatic nitrogens is 4. The first kappa shape index (κ1) is 34.8. The van der Waals surface area contributed by atoms with E-state index in [4.69, 9.17) is 4.74 Å². The van der Waals surface area contributed by atoms with Crippen molar-refractivity contribution >= 4 is 21.9 Å². The topological polar surface area (TPSA) is 140 Å². The molecule has 47 heavy (non-hydrogen) atoms. The molecule has 0 saturated heterocycles. The summed E-state index contributed by atoms with van der Waals surface area (Å²) in [7, 11) is -2.68. The molecule has 3 aromatic rings. The lowest BCUT2D eigenvalue weighted by atomic mass is 9.56. The van der Waals surface area contributed by atoms with Gasteiger partial charge in [0.05, 0.1) is 17.3 Å². The smallest absolute Gasteiger partial charge is 0.283 e. The van der Waals surface area contributed by atoms with Gasteiger partial charge in [0, 0.05) is 30.8 Å². The molecule has 3 heterocycles. The predicted octanol–water partition coefficient (Wildman–Crippen LogP) is 5.90. The third kappa shape index (κ3) is 7.48. The van der Waals surface area contributed by atoms with Gasteiger partial charge in [0.2, 0.25) is 11.8 Å². The van der Waals surface area contributed by atoms with E-state index in [1.165, 1.54) is 10.7 Å². The lowest BCUT2D eigenvalue weighted by Crippen LogP contribution is -2.54. The van der Waals surface area contributed by atoms with E-state index in [2.05, 4.69) is 47.5 Å². The van der Waals surface area contributed by atoms with Gasteiger partial charge in [-0.3, -0.25) is 9.48 Å². The van der Waals surface area contributed by atoms with Gasteiger partial charge < -0.3 is 14.7 Å². The molecule has 1 aromatic carbocycles. The minimum atomic E-state index is -4.26. The van der Waals surface area contributed by atoms with Gasteiger partial charge in [0.25, 0.3) is 15.9 Å². The van der Waals surface area contributed by atoms with Crippen LogP contribution in [0.15, 0.2) is 35.4 Å². The number of aryl methyl sites for hydroxylation is 3. The molecule has 0 radical (unpaired) electrons. The molecule has 12 heteroatoms.